The molecule has 1 heterocycles. The lowest BCUT2D eigenvalue weighted by molar-refractivity contribution is 0.0513. The van der Waals surface area contributed by atoms with Gasteiger partial charge in [0, 0.05) is 43.8 Å². The molecule has 0 aromatic heterocycles. The molecule has 3 rings (SSSR count). The van der Waals surface area contributed by atoms with Gasteiger partial charge in [-0.25, -0.2) is 4.39 Å². The summed E-state index contributed by atoms with van der Waals surface area (Å²) in [5.74, 6) is 0.510. The number of benzene rings is 2. The predicted molar refractivity (Wildman–Crippen MR) is 123 cm³/mol. The maximum absolute atomic E-state index is 13.4. The van der Waals surface area contributed by atoms with E-state index in [2.05, 4.69) is 15.6 Å². The van der Waals surface area contributed by atoms with E-state index >= 15 is 0 Å². The fourth-order valence-electron chi connectivity index (χ4n) is 3.44. The minimum absolute atomic E-state index is 0. The summed E-state index contributed by atoms with van der Waals surface area (Å²) in [6.45, 7) is 2.74. The number of hydrogen-bond acceptors (Lipinski definition) is 2. The number of aliphatic imine (C=N–C) groups is 1. The Morgan fingerprint density at radius 3 is 2.50 bits per heavy atom. The molecule has 0 amide bonds. The second-order valence-corrected chi connectivity index (χ2v) is 7.25. The smallest absolute Gasteiger partial charge is 0.191 e. The minimum Gasteiger partial charge on any atom is -0.381 e. The van der Waals surface area contributed by atoms with E-state index in [-0.39, 0.29) is 35.2 Å². The topological polar surface area (TPSA) is 45.7 Å². The van der Waals surface area contributed by atoms with Gasteiger partial charge < -0.3 is 15.4 Å². The molecular formula is C21H26ClFIN3O. The van der Waals surface area contributed by atoms with Crippen molar-refractivity contribution >= 4 is 41.5 Å². The van der Waals surface area contributed by atoms with Gasteiger partial charge in [-0.05, 0) is 48.2 Å². The van der Waals surface area contributed by atoms with Crippen molar-refractivity contribution in [2.24, 2.45) is 4.99 Å². The summed E-state index contributed by atoms with van der Waals surface area (Å²) in [4.78, 5) is 4.32. The number of halogens is 3. The molecule has 4 nitrogen and oxygen atoms in total. The first-order chi connectivity index (χ1) is 13.1. The fraction of sp³-hybridized carbons (Fsp3) is 0.381. The molecule has 28 heavy (non-hydrogen) atoms. The molecule has 0 spiro atoms. The molecule has 0 unspecified atom stereocenters. The van der Waals surface area contributed by atoms with Crippen LogP contribution in [0.25, 0.3) is 0 Å². The predicted octanol–water partition coefficient (Wildman–Crippen LogP) is 4.51. The van der Waals surface area contributed by atoms with Gasteiger partial charge in [0.05, 0.1) is 0 Å². The van der Waals surface area contributed by atoms with Crippen LogP contribution in [0.15, 0.2) is 53.5 Å². The lowest BCUT2D eigenvalue weighted by atomic mass is 9.74. The van der Waals surface area contributed by atoms with E-state index in [4.69, 9.17) is 16.3 Å². The number of rotatable bonds is 5. The highest BCUT2D eigenvalue weighted by Crippen LogP contribution is 2.34. The Morgan fingerprint density at radius 2 is 1.86 bits per heavy atom. The van der Waals surface area contributed by atoms with Crippen LogP contribution >= 0.6 is 35.6 Å². The van der Waals surface area contributed by atoms with Crippen LogP contribution in [0, 0.1) is 5.82 Å². The molecule has 0 bridgehead atoms. The number of guanidine groups is 1. The summed E-state index contributed by atoms with van der Waals surface area (Å²) in [6.07, 6.45) is 1.77. The molecule has 2 aromatic rings. The third-order valence-electron chi connectivity index (χ3n) is 5.07. The maximum atomic E-state index is 13.4. The average molecular weight is 518 g/mol. The van der Waals surface area contributed by atoms with Crippen LogP contribution in [0.3, 0.4) is 0 Å². The van der Waals surface area contributed by atoms with E-state index in [1.807, 2.05) is 36.4 Å². The van der Waals surface area contributed by atoms with E-state index < -0.39 is 0 Å². The average Bonchev–Trinajstić information content (AvgIpc) is 2.69. The van der Waals surface area contributed by atoms with E-state index in [9.17, 15) is 4.39 Å². The van der Waals surface area contributed by atoms with Crippen LogP contribution in [0.2, 0.25) is 5.02 Å². The summed E-state index contributed by atoms with van der Waals surface area (Å²) < 4.78 is 18.9. The standard InChI is InChI=1S/C21H25ClFN3O.HI/c1-24-20(25-14-16-3-2-4-18(22)13-16)26-15-21(9-11-27-12-10-21)17-5-7-19(23)8-6-17;/h2-8,13H,9-12,14-15H2,1H3,(H2,24,25,26);1H. The first-order valence-corrected chi connectivity index (χ1v) is 9.52. The number of hydrogen-bond donors (Lipinski definition) is 2. The van der Waals surface area contributed by atoms with E-state index in [1.54, 1.807) is 7.05 Å². The molecule has 0 radical (unpaired) electrons. The normalized spacial score (nSPS) is 16.2. The summed E-state index contributed by atoms with van der Waals surface area (Å²) in [7, 11) is 1.75. The van der Waals surface area contributed by atoms with Crippen molar-refractivity contribution in [1.82, 2.24) is 10.6 Å². The molecule has 2 aromatic carbocycles. The molecule has 2 N–H and O–H groups in total. The highest BCUT2D eigenvalue weighted by molar-refractivity contribution is 14.0. The fourth-order valence-corrected chi connectivity index (χ4v) is 3.65. The van der Waals surface area contributed by atoms with Crippen molar-refractivity contribution in [3.63, 3.8) is 0 Å². The maximum Gasteiger partial charge on any atom is 0.191 e. The van der Waals surface area contributed by atoms with Gasteiger partial charge in [-0.15, -0.1) is 24.0 Å². The number of nitrogens with zero attached hydrogens (tertiary/aromatic N) is 1. The van der Waals surface area contributed by atoms with Gasteiger partial charge in [-0.2, -0.15) is 0 Å². The van der Waals surface area contributed by atoms with Crippen LogP contribution in [0.4, 0.5) is 4.39 Å². The first kappa shape index (κ1) is 22.9. The van der Waals surface area contributed by atoms with Gasteiger partial charge in [-0.3, -0.25) is 4.99 Å². The number of nitrogens with one attached hydrogen (secondary N) is 2. The highest BCUT2D eigenvalue weighted by atomic mass is 127. The Kier molecular flexibility index (Phi) is 8.98. The van der Waals surface area contributed by atoms with Gasteiger partial charge in [0.25, 0.3) is 0 Å². The van der Waals surface area contributed by atoms with Crippen LogP contribution < -0.4 is 10.6 Å². The second kappa shape index (κ2) is 11.0. The Balaban J connectivity index is 0.00000280. The summed E-state index contributed by atoms with van der Waals surface area (Å²) in [6, 6.07) is 14.5. The second-order valence-electron chi connectivity index (χ2n) is 6.81. The number of ether oxygens (including phenoxy) is 1. The van der Waals surface area contributed by atoms with Gasteiger partial charge in [0.2, 0.25) is 0 Å². The molecule has 1 saturated heterocycles. The molecule has 0 atom stereocenters. The quantitative estimate of drug-likeness (QED) is 0.349. The van der Waals surface area contributed by atoms with Gasteiger partial charge >= 0.3 is 0 Å². The third-order valence-corrected chi connectivity index (χ3v) is 5.31. The van der Waals surface area contributed by atoms with Crippen molar-refractivity contribution in [1.29, 1.82) is 0 Å². The van der Waals surface area contributed by atoms with Crippen molar-refractivity contribution in [2.45, 2.75) is 24.8 Å². The third kappa shape index (κ3) is 6.06. The van der Waals surface area contributed by atoms with Crippen LogP contribution in [-0.2, 0) is 16.7 Å². The van der Waals surface area contributed by atoms with E-state index in [1.165, 1.54) is 12.1 Å². The lowest BCUT2D eigenvalue weighted by Gasteiger charge is -2.38. The van der Waals surface area contributed by atoms with Crippen molar-refractivity contribution in [2.75, 3.05) is 26.8 Å². The lowest BCUT2D eigenvalue weighted by Crippen LogP contribution is -2.47. The molecule has 152 valence electrons. The van der Waals surface area contributed by atoms with E-state index in [0.717, 1.165) is 35.0 Å². The summed E-state index contributed by atoms with van der Waals surface area (Å²) in [5, 5.41) is 7.47. The van der Waals surface area contributed by atoms with Crippen molar-refractivity contribution < 1.29 is 9.13 Å². The Morgan fingerprint density at radius 1 is 1.14 bits per heavy atom. The molecule has 0 aliphatic carbocycles. The molecular weight excluding hydrogens is 492 g/mol. The Hall–Kier alpha value is -1.38. The Labute approximate surface area is 187 Å². The first-order valence-electron chi connectivity index (χ1n) is 9.14. The molecule has 0 saturated carbocycles. The monoisotopic (exact) mass is 517 g/mol. The van der Waals surface area contributed by atoms with Gasteiger partial charge in [0.1, 0.15) is 5.82 Å². The zero-order valence-corrected chi connectivity index (χ0v) is 19.0. The van der Waals surface area contributed by atoms with E-state index in [0.29, 0.717) is 26.3 Å². The van der Waals surface area contributed by atoms with Crippen molar-refractivity contribution in [3.05, 3.63) is 70.5 Å². The zero-order chi connectivity index (χ0) is 19.1. The SMILES string of the molecule is CN=C(NCc1cccc(Cl)c1)NCC1(c2ccc(F)cc2)CCOCC1.I. The van der Waals surface area contributed by atoms with Crippen LogP contribution in [0.1, 0.15) is 24.0 Å². The molecule has 1 fully saturated rings. The van der Waals surface area contributed by atoms with Gasteiger partial charge in [0.15, 0.2) is 5.96 Å². The minimum atomic E-state index is -0.215. The Bertz CT molecular complexity index is 779. The van der Waals surface area contributed by atoms with Crippen molar-refractivity contribution in [3.8, 4) is 0 Å². The molecule has 1 aliphatic rings. The largest absolute Gasteiger partial charge is 0.381 e. The zero-order valence-electron chi connectivity index (χ0n) is 15.9. The van der Waals surface area contributed by atoms with Gasteiger partial charge in [-0.1, -0.05) is 35.9 Å². The summed E-state index contributed by atoms with van der Waals surface area (Å²) >= 11 is 6.04. The van der Waals surface area contributed by atoms with Crippen LogP contribution in [0.5, 0.6) is 0 Å². The highest BCUT2D eigenvalue weighted by Gasteiger charge is 2.34. The summed E-state index contributed by atoms with van der Waals surface area (Å²) in [5.41, 5.74) is 2.12. The molecule has 7 heteroatoms. The molecule has 1 aliphatic heterocycles. The van der Waals surface area contributed by atoms with Crippen LogP contribution in [-0.4, -0.2) is 32.8 Å².